The molecule has 1 heterocycles. The molecule has 0 radical (unpaired) electrons. The summed E-state index contributed by atoms with van der Waals surface area (Å²) in [4.78, 5) is 54.5. The van der Waals surface area contributed by atoms with Gasteiger partial charge in [-0.2, -0.15) is 0 Å². The Kier molecular flexibility index (Phi) is 6.15. The predicted octanol–water partition coefficient (Wildman–Crippen LogP) is 3.70. The number of fused-ring (bicyclic) bond motifs is 2. The minimum Gasteiger partial charge on any atom is -0.427 e. The minimum absolute atomic E-state index is 0.0915. The number of hydrogen-bond acceptors (Lipinski definition) is 5. The van der Waals surface area contributed by atoms with Gasteiger partial charge in [-0.15, -0.1) is 0 Å². The van der Waals surface area contributed by atoms with Crippen LogP contribution in [0.5, 0.6) is 0 Å². The smallest absolute Gasteiger partial charge is 0.418 e. The highest BCUT2D eigenvalue weighted by atomic mass is 16.6. The van der Waals surface area contributed by atoms with Gasteiger partial charge in [0, 0.05) is 30.8 Å². The molecule has 0 unspecified atom stereocenters. The Balaban J connectivity index is 1.36. The van der Waals surface area contributed by atoms with E-state index in [-0.39, 0.29) is 30.6 Å². The maximum absolute atomic E-state index is 13.6. The molecule has 0 bridgehead atoms. The Bertz CT molecular complexity index is 1210. The lowest BCUT2D eigenvalue weighted by molar-refractivity contribution is -0.145. The lowest BCUT2D eigenvalue weighted by Crippen LogP contribution is -2.50. The molecular formula is C27H30N4O5. The number of rotatable bonds is 6. The first-order valence-corrected chi connectivity index (χ1v) is 12.4. The SMILES string of the molecule is CNC(=O)Nc1ccc2c(c1)CC[C@@]21OC(=O)N(CC(=O)N(C2CCC2)[C@H](C)c2ccccc2)C1=O. The third kappa shape index (κ3) is 3.98. The lowest BCUT2D eigenvalue weighted by Gasteiger charge is -2.42. The van der Waals surface area contributed by atoms with E-state index in [1.165, 1.54) is 7.05 Å². The van der Waals surface area contributed by atoms with Gasteiger partial charge in [0.2, 0.25) is 11.5 Å². The van der Waals surface area contributed by atoms with E-state index in [2.05, 4.69) is 10.6 Å². The number of ether oxygens (including phenoxy) is 1. The Morgan fingerprint density at radius 1 is 1.17 bits per heavy atom. The zero-order valence-electron chi connectivity index (χ0n) is 20.5. The molecular weight excluding hydrogens is 460 g/mol. The van der Waals surface area contributed by atoms with E-state index in [0.717, 1.165) is 35.3 Å². The summed E-state index contributed by atoms with van der Waals surface area (Å²) in [5.41, 5.74) is 1.60. The standard InChI is InChI=1S/C27H30N4O5/c1-17(18-7-4-3-5-8-18)31(21-9-6-10-21)23(32)16-30-24(33)27(36-26(30)35)14-13-19-15-20(11-12-22(19)27)29-25(34)28-2/h3-5,7-8,11-12,15,17,21H,6,9-10,13-14,16H2,1-2H3,(H2,28,29,34)/t17-,27-/m1/s1. The summed E-state index contributed by atoms with van der Waals surface area (Å²) in [5.74, 6) is -0.769. The number of amides is 5. The zero-order valence-corrected chi connectivity index (χ0v) is 20.5. The quantitative estimate of drug-likeness (QED) is 0.642. The molecule has 2 aliphatic carbocycles. The normalized spacial score (nSPS) is 21.6. The molecule has 2 N–H and O–H groups in total. The van der Waals surface area contributed by atoms with Crippen molar-refractivity contribution in [1.29, 1.82) is 0 Å². The van der Waals surface area contributed by atoms with Gasteiger partial charge in [0.15, 0.2) is 0 Å². The maximum Gasteiger partial charge on any atom is 0.418 e. The Hall–Kier alpha value is -3.88. The van der Waals surface area contributed by atoms with Crippen LogP contribution in [-0.4, -0.2) is 53.4 Å². The molecule has 2 aromatic rings. The van der Waals surface area contributed by atoms with Crippen LogP contribution in [-0.2, 0) is 26.3 Å². The molecule has 2 fully saturated rings. The van der Waals surface area contributed by atoms with Gasteiger partial charge < -0.3 is 20.3 Å². The molecule has 188 valence electrons. The highest BCUT2D eigenvalue weighted by Gasteiger charge is 2.58. The predicted molar refractivity (Wildman–Crippen MR) is 132 cm³/mol. The largest absolute Gasteiger partial charge is 0.427 e. The number of urea groups is 1. The first-order chi connectivity index (χ1) is 17.3. The van der Waals surface area contributed by atoms with Crippen LogP contribution >= 0.6 is 0 Å². The Morgan fingerprint density at radius 3 is 2.58 bits per heavy atom. The molecule has 1 saturated heterocycles. The fourth-order valence-corrected chi connectivity index (χ4v) is 5.43. The highest BCUT2D eigenvalue weighted by molar-refractivity contribution is 6.06. The summed E-state index contributed by atoms with van der Waals surface area (Å²) >= 11 is 0. The molecule has 1 aliphatic heterocycles. The number of hydrogen-bond donors (Lipinski definition) is 2. The van der Waals surface area contributed by atoms with Crippen molar-refractivity contribution in [3.05, 3.63) is 65.2 Å². The average molecular weight is 491 g/mol. The van der Waals surface area contributed by atoms with Crippen LogP contribution in [0.4, 0.5) is 15.3 Å². The molecule has 2 atom stereocenters. The second-order valence-corrected chi connectivity index (χ2v) is 9.63. The van der Waals surface area contributed by atoms with Crippen LogP contribution in [0.3, 0.4) is 0 Å². The molecule has 2 aromatic carbocycles. The van der Waals surface area contributed by atoms with Gasteiger partial charge in [-0.05, 0) is 55.9 Å². The van der Waals surface area contributed by atoms with Crippen molar-refractivity contribution in [1.82, 2.24) is 15.1 Å². The van der Waals surface area contributed by atoms with Gasteiger partial charge in [-0.3, -0.25) is 9.59 Å². The van der Waals surface area contributed by atoms with E-state index in [1.54, 1.807) is 18.2 Å². The minimum atomic E-state index is -1.43. The lowest BCUT2D eigenvalue weighted by atomic mass is 9.89. The second kappa shape index (κ2) is 9.29. The summed E-state index contributed by atoms with van der Waals surface area (Å²) in [6.45, 7) is 1.63. The topological polar surface area (TPSA) is 108 Å². The number of imide groups is 1. The molecule has 36 heavy (non-hydrogen) atoms. The summed E-state index contributed by atoms with van der Waals surface area (Å²) < 4.78 is 5.70. The summed E-state index contributed by atoms with van der Waals surface area (Å²) in [6.07, 6.45) is 2.88. The van der Waals surface area contributed by atoms with E-state index in [0.29, 0.717) is 24.1 Å². The maximum atomic E-state index is 13.6. The monoisotopic (exact) mass is 490 g/mol. The fourth-order valence-electron chi connectivity index (χ4n) is 5.43. The van der Waals surface area contributed by atoms with Gasteiger partial charge in [-0.25, -0.2) is 14.5 Å². The van der Waals surface area contributed by atoms with Crippen LogP contribution < -0.4 is 10.6 Å². The molecule has 0 aromatic heterocycles. The second-order valence-electron chi connectivity index (χ2n) is 9.63. The molecule has 9 heteroatoms. The Morgan fingerprint density at radius 2 is 1.92 bits per heavy atom. The number of benzene rings is 2. The van der Waals surface area contributed by atoms with Crippen LogP contribution in [0, 0.1) is 0 Å². The van der Waals surface area contributed by atoms with Crippen molar-refractivity contribution < 1.29 is 23.9 Å². The van der Waals surface area contributed by atoms with Crippen molar-refractivity contribution in [3.63, 3.8) is 0 Å². The van der Waals surface area contributed by atoms with Crippen LogP contribution in [0.1, 0.15) is 55.3 Å². The summed E-state index contributed by atoms with van der Waals surface area (Å²) in [5, 5.41) is 5.20. The van der Waals surface area contributed by atoms with Gasteiger partial charge in [0.25, 0.3) is 5.91 Å². The van der Waals surface area contributed by atoms with E-state index in [1.807, 2.05) is 42.2 Å². The van der Waals surface area contributed by atoms with Crippen molar-refractivity contribution in [2.75, 3.05) is 18.9 Å². The molecule has 1 spiro atoms. The third-order valence-corrected chi connectivity index (χ3v) is 7.59. The van der Waals surface area contributed by atoms with Crippen LogP contribution in [0.15, 0.2) is 48.5 Å². The Labute approximate surface area is 209 Å². The van der Waals surface area contributed by atoms with Crippen molar-refractivity contribution in [2.24, 2.45) is 0 Å². The van der Waals surface area contributed by atoms with Crippen LogP contribution in [0.2, 0.25) is 0 Å². The number of anilines is 1. The number of carbonyl (C=O) groups excluding carboxylic acids is 4. The number of aryl methyl sites for hydroxylation is 1. The van der Waals surface area contributed by atoms with Crippen molar-refractivity contribution in [2.45, 2.75) is 56.7 Å². The zero-order chi connectivity index (χ0) is 25.4. The first-order valence-electron chi connectivity index (χ1n) is 12.4. The van der Waals surface area contributed by atoms with Crippen molar-refractivity contribution in [3.8, 4) is 0 Å². The van der Waals surface area contributed by atoms with Crippen LogP contribution in [0.25, 0.3) is 0 Å². The van der Waals surface area contributed by atoms with E-state index >= 15 is 0 Å². The van der Waals surface area contributed by atoms with Gasteiger partial charge in [0.1, 0.15) is 6.54 Å². The molecule has 1 saturated carbocycles. The fraction of sp³-hybridized carbons (Fsp3) is 0.407. The van der Waals surface area contributed by atoms with Gasteiger partial charge >= 0.3 is 12.1 Å². The third-order valence-electron chi connectivity index (χ3n) is 7.59. The average Bonchev–Trinajstić information content (AvgIpc) is 3.33. The first kappa shape index (κ1) is 23.8. The van der Waals surface area contributed by atoms with Gasteiger partial charge in [0.05, 0.1) is 6.04 Å². The summed E-state index contributed by atoms with van der Waals surface area (Å²) in [7, 11) is 1.52. The molecule has 3 aliphatic rings. The number of nitrogens with one attached hydrogen (secondary N) is 2. The van der Waals surface area contributed by atoms with Crippen molar-refractivity contribution >= 4 is 29.6 Å². The van der Waals surface area contributed by atoms with Gasteiger partial charge in [-0.1, -0.05) is 36.4 Å². The molecule has 5 rings (SSSR count). The number of nitrogens with zero attached hydrogens (tertiary/aromatic N) is 2. The van der Waals surface area contributed by atoms with E-state index in [4.69, 9.17) is 4.74 Å². The summed E-state index contributed by atoms with van der Waals surface area (Å²) in [6, 6.07) is 14.5. The molecule has 5 amide bonds. The highest BCUT2D eigenvalue weighted by Crippen LogP contribution is 2.46. The molecule has 9 nitrogen and oxygen atoms in total. The number of carbonyl (C=O) groups is 4. The van der Waals surface area contributed by atoms with E-state index in [9.17, 15) is 19.2 Å². The van der Waals surface area contributed by atoms with E-state index < -0.39 is 17.6 Å².